The molecule has 1 amide bonds. The highest BCUT2D eigenvalue weighted by atomic mass is 19.1. The lowest BCUT2D eigenvalue weighted by Gasteiger charge is -2.43. The summed E-state index contributed by atoms with van der Waals surface area (Å²) < 4.78 is 38.1. The molecule has 2 aliphatic heterocycles. The van der Waals surface area contributed by atoms with Gasteiger partial charge in [-0.15, -0.1) is 0 Å². The Kier molecular flexibility index (Phi) is 4.85. The molecule has 1 saturated heterocycles. The molecule has 2 unspecified atom stereocenters. The first-order chi connectivity index (χ1) is 13.1. The van der Waals surface area contributed by atoms with Gasteiger partial charge in [0.1, 0.15) is 6.61 Å². The monoisotopic (exact) mass is 372 g/mol. The van der Waals surface area contributed by atoms with E-state index in [2.05, 4.69) is 4.98 Å². The number of ether oxygens (including phenoxy) is 2. The van der Waals surface area contributed by atoms with Crippen molar-refractivity contribution >= 4 is 11.7 Å². The molecule has 5 nitrogen and oxygen atoms in total. The fraction of sp³-hybridized carbons (Fsp3) is 0.300. The number of halogens is 2. The van der Waals surface area contributed by atoms with Crippen molar-refractivity contribution in [1.82, 2.24) is 9.88 Å². The van der Waals surface area contributed by atoms with Crippen LogP contribution in [0.15, 0.2) is 48.5 Å². The average Bonchev–Trinajstić information content (AvgIpc) is 2.66. The molecule has 0 saturated carbocycles. The average molecular weight is 372 g/mol. The molecule has 0 N–H and O–H groups in total. The molecule has 1 fully saturated rings. The van der Waals surface area contributed by atoms with Crippen molar-refractivity contribution in [2.45, 2.75) is 25.1 Å². The summed E-state index contributed by atoms with van der Waals surface area (Å²) in [7, 11) is 0. The number of morpholine rings is 1. The van der Waals surface area contributed by atoms with E-state index >= 15 is 0 Å². The molecular formula is C20H18F2N2O3. The summed E-state index contributed by atoms with van der Waals surface area (Å²) in [6.07, 6.45) is 1.74. The summed E-state index contributed by atoms with van der Waals surface area (Å²) in [6, 6.07) is 11.3. The van der Waals surface area contributed by atoms with Gasteiger partial charge in [0, 0.05) is 5.56 Å². The van der Waals surface area contributed by atoms with Crippen molar-refractivity contribution in [1.29, 1.82) is 0 Å². The standard InChI is InChI=1S/C20H18F2N2O3/c21-18-7-6-17(19(22)23-18)14-8-15-11-26-12-16(9-14)24(15)20(25)27-10-13-4-2-1-3-5-13/h1-8,15-16H,9-12H2. The summed E-state index contributed by atoms with van der Waals surface area (Å²) in [4.78, 5) is 17.5. The van der Waals surface area contributed by atoms with E-state index in [1.54, 1.807) is 11.0 Å². The van der Waals surface area contributed by atoms with Crippen LogP contribution < -0.4 is 0 Å². The summed E-state index contributed by atoms with van der Waals surface area (Å²) in [5, 5.41) is 0. The highest BCUT2D eigenvalue weighted by Crippen LogP contribution is 2.33. The number of hydrogen-bond acceptors (Lipinski definition) is 4. The number of nitrogens with zero attached hydrogens (tertiary/aromatic N) is 2. The summed E-state index contributed by atoms with van der Waals surface area (Å²) in [5.41, 5.74) is 1.86. The lowest BCUT2D eigenvalue weighted by molar-refractivity contribution is -0.0342. The zero-order valence-corrected chi connectivity index (χ0v) is 14.5. The minimum absolute atomic E-state index is 0.184. The van der Waals surface area contributed by atoms with Crippen LogP contribution in [-0.4, -0.2) is 41.3 Å². The summed E-state index contributed by atoms with van der Waals surface area (Å²) >= 11 is 0. The fourth-order valence-electron chi connectivity index (χ4n) is 3.53. The second kappa shape index (κ2) is 7.44. The van der Waals surface area contributed by atoms with Gasteiger partial charge in [-0.1, -0.05) is 36.4 Å². The largest absolute Gasteiger partial charge is 0.445 e. The summed E-state index contributed by atoms with van der Waals surface area (Å²) in [5.74, 6) is -1.71. The van der Waals surface area contributed by atoms with Crippen LogP contribution in [0.5, 0.6) is 0 Å². The van der Waals surface area contributed by atoms with Gasteiger partial charge in [0.15, 0.2) is 0 Å². The van der Waals surface area contributed by atoms with Crippen molar-refractivity contribution in [3.8, 4) is 0 Å². The van der Waals surface area contributed by atoms with Gasteiger partial charge in [-0.3, -0.25) is 4.90 Å². The maximum atomic E-state index is 14.0. The zero-order valence-electron chi connectivity index (χ0n) is 14.5. The fourth-order valence-corrected chi connectivity index (χ4v) is 3.53. The Hall–Kier alpha value is -2.80. The molecule has 2 atom stereocenters. The Morgan fingerprint density at radius 3 is 2.74 bits per heavy atom. The van der Waals surface area contributed by atoms with Crippen LogP contribution in [0, 0.1) is 11.9 Å². The van der Waals surface area contributed by atoms with Gasteiger partial charge >= 0.3 is 6.09 Å². The van der Waals surface area contributed by atoms with E-state index in [4.69, 9.17) is 9.47 Å². The number of fused-ring (bicyclic) bond motifs is 2. The van der Waals surface area contributed by atoms with Crippen molar-refractivity contribution in [2.24, 2.45) is 0 Å². The van der Waals surface area contributed by atoms with E-state index in [0.29, 0.717) is 25.2 Å². The maximum absolute atomic E-state index is 14.0. The molecule has 0 radical (unpaired) electrons. The number of pyridine rings is 1. The third kappa shape index (κ3) is 3.68. The highest BCUT2D eigenvalue weighted by molar-refractivity contribution is 5.74. The highest BCUT2D eigenvalue weighted by Gasteiger charge is 2.39. The Labute approximate surface area is 155 Å². The van der Waals surface area contributed by atoms with Crippen LogP contribution in [0.4, 0.5) is 13.6 Å². The minimum atomic E-state index is -0.859. The molecule has 4 rings (SSSR count). The van der Waals surface area contributed by atoms with Gasteiger partial charge in [0.25, 0.3) is 0 Å². The van der Waals surface area contributed by atoms with Gasteiger partial charge in [0.05, 0.1) is 25.3 Å². The second-order valence-electron chi connectivity index (χ2n) is 6.57. The van der Waals surface area contributed by atoms with Gasteiger partial charge in [-0.2, -0.15) is 13.8 Å². The van der Waals surface area contributed by atoms with Crippen LogP contribution >= 0.6 is 0 Å². The Bertz CT molecular complexity index is 873. The number of amides is 1. The van der Waals surface area contributed by atoms with Crippen LogP contribution in [0.3, 0.4) is 0 Å². The molecule has 1 aromatic carbocycles. The van der Waals surface area contributed by atoms with Crippen molar-refractivity contribution in [3.05, 3.63) is 71.6 Å². The lowest BCUT2D eigenvalue weighted by Crippen LogP contribution is -2.56. The predicted octanol–water partition coefficient (Wildman–Crippen LogP) is 3.55. The smallest absolute Gasteiger partial charge is 0.411 e. The molecule has 3 heterocycles. The predicted molar refractivity (Wildman–Crippen MR) is 93.6 cm³/mol. The van der Waals surface area contributed by atoms with E-state index in [9.17, 15) is 13.6 Å². The van der Waals surface area contributed by atoms with Gasteiger partial charge < -0.3 is 9.47 Å². The normalized spacial score (nSPS) is 21.6. The molecule has 2 bridgehead atoms. The first-order valence-corrected chi connectivity index (χ1v) is 8.71. The van der Waals surface area contributed by atoms with E-state index < -0.39 is 18.0 Å². The number of hydrogen-bond donors (Lipinski definition) is 0. The first-order valence-electron chi connectivity index (χ1n) is 8.71. The number of benzene rings is 1. The zero-order chi connectivity index (χ0) is 18.8. The third-order valence-electron chi connectivity index (χ3n) is 4.78. The van der Waals surface area contributed by atoms with Gasteiger partial charge in [-0.05, 0) is 29.7 Å². The minimum Gasteiger partial charge on any atom is -0.445 e. The van der Waals surface area contributed by atoms with Crippen LogP contribution in [0.1, 0.15) is 17.5 Å². The molecule has 140 valence electrons. The quantitative estimate of drug-likeness (QED) is 0.774. The SMILES string of the molecule is O=C(OCc1ccccc1)N1C2C=C(c3ccc(F)nc3F)CC1COC2. The third-order valence-corrected chi connectivity index (χ3v) is 4.78. The van der Waals surface area contributed by atoms with Crippen LogP contribution in [0.2, 0.25) is 0 Å². The van der Waals surface area contributed by atoms with E-state index in [0.717, 1.165) is 11.6 Å². The molecule has 0 aliphatic carbocycles. The van der Waals surface area contributed by atoms with E-state index in [-0.39, 0.29) is 24.3 Å². The van der Waals surface area contributed by atoms with Gasteiger partial charge in [0.2, 0.25) is 11.9 Å². The molecule has 27 heavy (non-hydrogen) atoms. The van der Waals surface area contributed by atoms with Gasteiger partial charge in [-0.25, -0.2) is 4.79 Å². The molecule has 2 aromatic rings. The van der Waals surface area contributed by atoms with Crippen molar-refractivity contribution < 1.29 is 23.0 Å². The van der Waals surface area contributed by atoms with Crippen LogP contribution in [-0.2, 0) is 16.1 Å². The molecular weight excluding hydrogens is 354 g/mol. The lowest BCUT2D eigenvalue weighted by atomic mass is 9.90. The number of aromatic nitrogens is 1. The number of rotatable bonds is 3. The Morgan fingerprint density at radius 2 is 2.00 bits per heavy atom. The molecule has 2 aliphatic rings. The second-order valence-corrected chi connectivity index (χ2v) is 6.57. The number of carbonyl (C=O) groups is 1. The Balaban J connectivity index is 1.52. The topological polar surface area (TPSA) is 51.7 Å². The van der Waals surface area contributed by atoms with Crippen molar-refractivity contribution in [3.63, 3.8) is 0 Å². The first kappa shape index (κ1) is 17.6. The molecule has 0 spiro atoms. The Morgan fingerprint density at radius 1 is 1.19 bits per heavy atom. The van der Waals surface area contributed by atoms with E-state index in [1.165, 1.54) is 6.07 Å². The molecule has 7 heteroatoms. The summed E-state index contributed by atoms with van der Waals surface area (Å²) in [6.45, 7) is 0.824. The van der Waals surface area contributed by atoms with Crippen molar-refractivity contribution in [2.75, 3.05) is 13.2 Å². The van der Waals surface area contributed by atoms with Crippen LogP contribution in [0.25, 0.3) is 5.57 Å². The molecule has 1 aromatic heterocycles. The van der Waals surface area contributed by atoms with E-state index in [1.807, 2.05) is 30.3 Å². The maximum Gasteiger partial charge on any atom is 0.411 e. The number of carbonyl (C=O) groups excluding carboxylic acids is 1.